The van der Waals surface area contributed by atoms with Gasteiger partial charge in [0.25, 0.3) is 0 Å². The second-order valence-corrected chi connectivity index (χ2v) is 6.55. The lowest BCUT2D eigenvalue weighted by Crippen LogP contribution is -2.51. The van der Waals surface area contributed by atoms with E-state index in [4.69, 9.17) is 23.8 Å². The van der Waals surface area contributed by atoms with Crippen molar-refractivity contribution in [3.05, 3.63) is 35.9 Å². The highest BCUT2D eigenvalue weighted by atomic mass is 16.6. The monoisotopic (exact) mass is 437 g/mol. The zero-order chi connectivity index (χ0) is 23.4. The number of esters is 4. The molecular formula is C21H27NO9. The molecule has 0 N–H and O–H groups in total. The second kappa shape index (κ2) is 13.0. The van der Waals surface area contributed by atoms with Crippen LogP contribution < -0.4 is 0 Å². The van der Waals surface area contributed by atoms with Gasteiger partial charge in [0.2, 0.25) is 0 Å². The molecule has 0 aromatic heterocycles. The quantitative estimate of drug-likeness (QED) is 0.221. The summed E-state index contributed by atoms with van der Waals surface area (Å²) in [5.41, 5.74) is 0.849. The van der Waals surface area contributed by atoms with Crippen molar-refractivity contribution >= 4 is 30.1 Å². The summed E-state index contributed by atoms with van der Waals surface area (Å²) < 4.78 is 20.8. The Morgan fingerprint density at radius 2 is 1.32 bits per heavy atom. The number of benzene rings is 1. The van der Waals surface area contributed by atoms with Crippen LogP contribution in [0.1, 0.15) is 40.2 Å². The molecule has 0 saturated heterocycles. The van der Waals surface area contributed by atoms with E-state index in [0.29, 0.717) is 0 Å². The Kier molecular flexibility index (Phi) is 10.7. The normalized spacial score (nSPS) is 14.6. The maximum absolute atomic E-state index is 11.7. The third-order valence-electron chi connectivity index (χ3n) is 3.72. The van der Waals surface area contributed by atoms with Crippen LogP contribution >= 0.6 is 0 Å². The maximum atomic E-state index is 11.7. The number of hydrogen-bond acceptors (Lipinski definition) is 10. The molecule has 0 heterocycles. The summed E-state index contributed by atoms with van der Waals surface area (Å²) in [6, 6.07) is 9.19. The Morgan fingerprint density at radius 1 is 0.806 bits per heavy atom. The first kappa shape index (κ1) is 25.6. The SMILES string of the molecule is CC(=O)OC(C)C(OC(C)=O)C(OC(C)=O)C(/C=N\OCc1ccccc1)OC(C)=O. The summed E-state index contributed by atoms with van der Waals surface area (Å²) in [4.78, 5) is 51.6. The summed E-state index contributed by atoms with van der Waals surface area (Å²) in [5.74, 6) is -2.82. The molecule has 0 amide bonds. The van der Waals surface area contributed by atoms with Gasteiger partial charge in [-0.15, -0.1) is 0 Å². The van der Waals surface area contributed by atoms with Crippen molar-refractivity contribution in [2.75, 3.05) is 0 Å². The minimum Gasteiger partial charge on any atom is -0.459 e. The molecular weight excluding hydrogens is 410 g/mol. The van der Waals surface area contributed by atoms with E-state index in [-0.39, 0.29) is 6.61 Å². The van der Waals surface area contributed by atoms with E-state index in [2.05, 4.69) is 5.16 Å². The van der Waals surface area contributed by atoms with E-state index >= 15 is 0 Å². The van der Waals surface area contributed by atoms with Gasteiger partial charge in [-0.25, -0.2) is 0 Å². The zero-order valence-electron chi connectivity index (χ0n) is 18.1. The van der Waals surface area contributed by atoms with E-state index in [1.54, 1.807) is 0 Å². The van der Waals surface area contributed by atoms with E-state index in [1.807, 2.05) is 30.3 Å². The molecule has 4 unspecified atom stereocenters. The van der Waals surface area contributed by atoms with Gasteiger partial charge < -0.3 is 23.8 Å². The van der Waals surface area contributed by atoms with E-state index in [1.165, 1.54) is 13.8 Å². The predicted molar refractivity (Wildman–Crippen MR) is 108 cm³/mol. The van der Waals surface area contributed by atoms with Gasteiger partial charge in [0.05, 0.1) is 6.21 Å². The molecule has 0 radical (unpaired) electrons. The number of hydrogen-bond donors (Lipinski definition) is 0. The van der Waals surface area contributed by atoms with Crippen molar-refractivity contribution < 1.29 is 43.0 Å². The molecule has 4 atom stereocenters. The lowest BCUT2D eigenvalue weighted by molar-refractivity contribution is -0.191. The van der Waals surface area contributed by atoms with Crippen LogP contribution in [0.15, 0.2) is 35.5 Å². The predicted octanol–water partition coefficient (Wildman–Crippen LogP) is 1.94. The summed E-state index contributed by atoms with van der Waals surface area (Å²) in [6.07, 6.45) is -3.85. The molecule has 0 fully saturated rings. The van der Waals surface area contributed by atoms with Gasteiger partial charge in [0.1, 0.15) is 12.7 Å². The van der Waals surface area contributed by atoms with Crippen molar-refractivity contribution in [3.8, 4) is 0 Å². The van der Waals surface area contributed by atoms with Gasteiger partial charge in [0.15, 0.2) is 18.3 Å². The van der Waals surface area contributed by atoms with Crippen molar-refractivity contribution in [3.63, 3.8) is 0 Å². The molecule has 31 heavy (non-hydrogen) atoms. The van der Waals surface area contributed by atoms with Crippen LogP contribution in [-0.4, -0.2) is 54.5 Å². The highest BCUT2D eigenvalue weighted by molar-refractivity contribution is 5.74. The van der Waals surface area contributed by atoms with Gasteiger partial charge in [-0.05, 0) is 12.5 Å². The highest BCUT2D eigenvalue weighted by Crippen LogP contribution is 2.19. The third-order valence-corrected chi connectivity index (χ3v) is 3.72. The fourth-order valence-electron chi connectivity index (χ4n) is 2.63. The lowest BCUT2D eigenvalue weighted by Gasteiger charge is -2.32. The van der Waals surface area contributed by atoms with Gasteiger partial charge in [0, 0.05) is 27.7 Å². The average molecular weight is 437 g/mol. The number of rotatable bonds is 11. The fraction of sp³-hybridized carbons (Fsp3) is 0.476. The molecule has 0 spiro atoms. The molecule has 10 heteroatoms. The molecule has 1 rings (SSSR count). The number of oxime groups is 1. The molecule has 0 bridgehead atoms. The van der Waals surface area contributed by atoms with Crippen molar-refractivity contribution in [1.82, 2.24) is 0 Å². The Hall–Kier alpha value is -3.43. The second-order valence-electron chi connectivity index (χ2n) is 6.55. The summed E-state index contributed by atoms with van der Waals surface area (Å²) in [5, 5.41) is 3.79. The maximum Gasteiger partial charge on any atom is 0.303 e. The third kappa shape index (κ3) is 10.2. The van der Waals surface area contributed by atoms with Gasteiger partial charge in [-0.2, -0.15) is 0 Å². The van der Waals surface area contributed by atoms with Crippen LogP contribution in [0.5, 0.6) is 0 Å². The molecule has 0 saturated carbocycles. The largest absolute Gasteiger partial charge is 0.459 e. The number of ether oxygens (including phenoxy) is 4. The van der Waals surface area contributed by atoms with Crippen molar-refractivity contribution in [2.24, 2.45) is 5.16 Å². The zero-order valence-corrected chi connectivity index (χ0v) is 18.1. The minimum absolute atomic E-state index is 0.138. The molecule has 10 nitrogen and oxygen atoms in total. The lowest BCUT2D eigenvalue weighted by atomic mass is 10.0. The first-order valence-corrected chi connectivity index (χ1v) is 9.48. The standard InChI is InChI=1S/C21H27NO9/c1-13(28-14(2)23)20(30-16(4)25)21(31-17(5)26)19(29-15(3)24)11-22-27-12-18-9-7-6-8-10-18/h6-11,13,19-21H,12H2,1-5H3/b22-11-. The summed E-state index contributed by atoms with van der Waals surface area (Å²) in [6.45, 7) is 6.16. The van der Waals surface area contributed by atoms with Crippen LogP contribution in [0, 0.1) is 0 Å². The Bertz CT molecular complexity index is 778. The van der Waals surface area contributed by atoms with Gasteiger partial charge >= 0.3 is 23.9 Å². The molecule has 0 aliphatic heterocycles. The smallest absolute Gasteiger partial charge is 0.303 e. The van der Waals surface area contributed by atoms with Crippen LogP contribution in [0.4, 0.5) is 0 Å². The number of carbonyl (C=O) groups excluding carboxylic acids is 4. The van der Waals surface area contributed by atoms with Gasteiger partial charge in [-0.1, -0.05) is 35.5 Å². The van der Waals surface area contributed by atoms with E-state index in [0.717, 1.165) is 32.5 Å². The average Bonchev–Trinajstić information content (AvgIpc) is 2.66. The van der Waals surface area contributed by atoms with E-state index < -0.39 is 48.3 Å². The van der Waals surface area contributed by atoms with Crippen LogP contribution in [0.25, 0.3) is 0 Å². The molecule has 1 aromatic rings. The van der Waals surface area contributed by atoms with E-state index in [9.17, 15) is 19.2 Å². The summed E-state index contributed by atoms with van der Waals surface area (Å²) in [7, 11) is 0. The minimum atomic E-state index is -1.36. The van der Waals surface area contributed by atoms with Crippen molar-refractivity contribution in [1.29, 1.82) is 0 Å². The van der Waals surface area contributed by atoms with Gasteiger partial charge in [-0.3, -0.25) is 19.2 Å². The first-order chi connectivity index (χ1) is 14.6. The van der Waals surface area contributed by atoms with Crippen LogP contribution in [0.2, 0.25) is 0 Å². The molecule has 0 aliphatic rings. The number of nitrogens with zero attached hydrogens (tertiary/aromatic N) is 1. The summed E-state index contributed by atoms with van der Waals surface area (Å²) >= 11 is 0. The Balaban J connectivity index is 3.13. The molecule has 170 valence electrons. The van der Waals surface area contributed by atoms with Crippen LogP contribution in [0.3, 0.4) is 0 Å². The number of carbonyl (C=O) groups is 4. The topological polar surface area (TPSA) is 127 Å². The Morgan fingerprint density at radius 3 is 1.84 bits per heavy atom. The van der Waals surface area contributed by atoms with Crippen LogP contribution in [-0.2, 0) is 49.6 Å². The molecule has 0 aliphatic carbocycles. The molecule has 1 aromatic carbocycles. The fourth-order valence-corrected chi connectivity index (χ4v) is 2.63. The Labute approximate surface area is 180 Å². The highest BCUT2D eigenvalue weighted by Gasteiger charge is 2.41. The first-order valence-electron chi connectivity index (χ1n) is 9.48. The van der Waals surface area contributed by atoms with Crippen molar-refractivity contribution in [2.45, 2.75) is 65.6 Å².